The Morgan fingerprint density at radius 1 is 0.923 bits per heavy atom. The smallest absolute Gasteiger partial charge is 0.161 e. The van der Waals surface area contributed by atoms with Gasteiger partial charge >= 0.3 is 0 Å². The predicted molar refractivity (Wildman–Crippen MR) is 157 cm³/mol. The van der Waals surface area contributed by atoms with Crippen LogP contribution in [0.5, 0.6) is 11.5 Å². The molecule has 3 aromatic rings. The van der Waals surface area contributed by atoms with Gasteiger partial charge in [0, 0.05) is 31.7 Å². The van der Waals surface area contributed by atoms with E-state index in [1.165, 1.54) is 21.7 Å². The molecular weight excluding hydrogens is 488 g/mol. The van der Waals surface area contributed by atoms with Crippen LogP contribution in [0, 0.1) is 0 Å². The van der Waals surface area contributed by atoms with Crippen LogP contribution in [0.1, 0.15) is 25.3 Å². The maximum atomic E-state index is 6.56. The second-order valence-corrected chi connectivity index (χ2v) is 10.4. The highest BCUT2D eigenvalue weighted by Crippen LogP contribution is 2.26. The third-order valence-corrected chi connectivity index (χ3v) is 7.44. The molecule has 3 aromatic carbocycles. The first-order valence-electron chi connectivity index (χ1n) is 14.0. The molecule has 1 heterocycles. The van der Waals surface area contributed by atoms with Crippen LogP contribution in [-0.4, -0.2) is 58.2 Å². The number of methoxy groups -OCH3 is 1. The number of hydrogen-bond donors (Lipinski definition) is 1. The lowest BCUT2D eigenvalue weighted by Crippen LogP contribution is -2.54. The second-order valence-electron chi connectivity index (χ2n) is 10.4. The highest BCUT2D eigenvalue weighted by molar-refractivity contribution is 5.50. The Kier molecular flexibility index (Phi) is 9.19. The Bertz CT molecular complexity index is 1330. The number of fused-ring (bicyclic) bond motifs is 1. The number of hydrogen-bond acceptors (Lipinski definition) is 6. The molecule has 6 nitrogen and oxygen atoms in total. The Hall–Kier alpha value is -3.32. The minimum atomic E-state index is -0.281. The second kappa shape index (κ2) is 13.2. The van der Waals surface area contributed by atoms with Gasteiger partial charge in [-0.25, -0.2) is 0 Å². The number of rotatable bonds is 12. The molecule has 0 bridgehead atoms. The van der Waals surface area contributed by atoms with Crippen molar-refractivity contribution in [3.8, 4) is 11.5 Å². The molecule has 1 aliphatic carbocycles. The molecule has 206 valence electrons. The van der Waals surface area contributed by atoms with Crippen molar-refractivity contribution < 1.29 is 18.9 Å². The quantitative estimate of drug-likeness (QED) is 0.360. The van der Waals surface area contributed by atoms with Crippen LogP contribution in [0.4, 0.5) is 5.69 Å². The molecule has 1 aliphatic heterocycles. The molecule has 1 unspecified atom stereocenters. The summed E-state index contributed by atoms with van der Waals surface area (Å²) in [6.07, 6.45) is 6.28. The standard InChI is InChI=1S/C33H40N2O4/c1-33(17-16-27-8-3-4-9-28(27)22-33)39-25-30-23-34-18-19-35(30)29-14-12-26(13-15-29)24-37-20-7-21-38-32-11-6-5-10-31(32)36-2/h3-6,8-16,22,30,34H,7,17-21,23-25H2,1-2H3/t30-,33?/m1/s1. The van der Waals surface area contributed by atoms with Gasteiger partial charge in [-0.2, -0.15) is 0 Å². The molecule has 1 N–H and O–H groups in total. The van der Waals surface area contributed by atoms with E-state index in [4.69, 9.17) is 18.9 Å². The number of ether oxygens (including phenoxy) is 4. The van der Waals surface area contributed by atoms with Gasteiger partial charge in [0.25, 0.3) is 0 Å². The normalized spacial score (nSPS) is 20.5. The largest absolute Gasteiger partial charge is 0.493 e. The van der Waals surface area contributed by atoms with Gasteiger partial charge in [0.15, 0.2) is 11.5 Å². The Morgan fingerprint density at radius 3 is 2.51 bits per heavy atom. The summed E-state index contributed by atoms with van der Waals surface area (Å²) >= 11 is 0. The molecule has 0 saturated carbocycles. The van der Waals surface area contributed by atoms with Gasteiger partial charge in [0.2, 0.25) is 0 Å². The first-order chi connectivity index (χ1) is 19.1. The maximum absolute atomic E-state index is 6.56. The van der Waals surface area contributed by atoms with Gasteiger partial charge in [-0.05, 0) is 59.7 Å². The van der Waals surface area contributed by atoms with Crippen LogP contribution < -0.4 is 30.1 Å². The number of anilines is 1. The van der Waals surface area contributed by atoms with E-state index in [2.05, 4.69) is 77.8 Å². The number of benzene rings is 3. The molecule has 1 fully saturated rings. The van der Waals surface area contributed by atoms with Crippen LogP contribution in [0.15, 0.2) is 72.8 Å². The molecular formula is C33H40N2O4. The summed E-state index contributed by atoms with van der Waals surface area (Å²) in [6.45, 7) is 7.55. The average Bonchev–Trinajstić information content (AvgIpc) is 2.98. The lowest BCUT2D eigenvalue weighted by atomic mass is 9.94. The molecule has 5 rings (SSSR count). The monoisotopic (exact) mass is 528 g/mol. The summed E-state index contributed by atoms with van der Waals surface area (Å²) in [6, 6.07) is 25.3. The molecule has 2 atom stereocenters. The van der Waals surface area contributed by atoms with Crippen molar-refractivity contribution in [2.45, 2.75) is 38.0 Å². The molecule has 0 aromatic heterocycles. The van der Waals surface area contributed by atoms with E-state index in [0.29, 0.717) is 26.4 Å². The van der Waals surface area contributed by atoms with E-state index in [1.54, 1.807) is 7.11 Å². The van der Waals surface area contributed by atoms with Gasteiger partial charge in [0.05, 0.1) is 45.2 Å². The van der Waals surface area contributed by atoms with Crippen molar-refractivity contribution in [1.29, 1.82) is 0 Å². The number of nitrogens with one attached hydrogen (secondary N) is 1. The Morgan fingerprint density at radius 2 is 1.69 bits per heavy atom. The number of piperazine rings is 1. The van der Waals surface area contributed by atoms with E-state index in [9.17, 15) is 0 Å². The maximum Gasteiger partial charge on any atom is 0.161 e. The highest BCUT2D eigenvalue weighted by atomic mass is 16.5. The van der Waals surface area contributed by atoms with Crippen LogP contribution in [0.3, 0.4) is 0 Å². The fourth-order valence-corrected chi connectivity index (χ4v) is 5.22. The summed E-state index contributed by atoms with van der Waals surface area (Å²) in [5.74, 6) is 1.52. The van der Waals surface area contributed by atoms with E-state index < -0.39 is 0 Å². The van der Waals surface area contributed by atoms with Crippen LogP contribution in [0.25, 0.3) is 12.2 Å². The first kappa shape index (κ1) is 27.3. The third-order valence-electron chi connectivity index (χ3n) is 7.44. The Balaban J connectivity index is 1.09. The zero-order chi connectivity index (χ0) is 26.9. The molecule has 0 spiro atoms. The topological polar surface area (TPSA) is 52.2 Å². The van der Waals surface area contributed by atoms with Gasteiger partial charge in [0.1, 0.15) is 0 Å². The number of para-hydroxylation sites is 2. The predicted octanol–water partition coefficient (Wildman–Crippen LogP) is 3.90. The van der Waals surface area contributed by atoms with E-state index in [1.807, 2.05) is 24.3 Å². The summed E-state index contributed by atoms with van der Waals surface area (Å²) in [7, 11) is 1.65. The van der Waals surface area contributed by atoms with E-state index in [-0.39, 0.29) is 11.6 Å². The van der Waals surface area contributed by atoms with Crippen LogP contribution >= 0.6 is 0 Å². The fourth-order valence-electron chi connectivity index (χ4n) is 5.22. The SMILES string of the molecule is COc1ccccc1OCCCOCc1ccc(N2CCNC[C@@H]2COC2(C)C=c3ccccc3=CC2)cc1. The third kappa shape index (κ3) is 7.21. The molecule has 6 heteroatoms. The van der Waals surface area contributed by atoms with E-state index in [0.717, 1.165) is 44.0 Å². The number of nitrogens with zero attached hydrogens (tertiary/aromatic N) is 1. The van der Waals surface area contributed by atoms with Crippen molar-refractivity contribution in [2.75, 3.05) is 51.5 Å². The first-order valence-corrected chi connectivity index (χ1v) is 14.0. The molecule has 0 radical (unpaired) electrons. The minimum Gasteiger partial charge on any atom is -0.493 e. The molecule has 1 saturated heterocycles. The zero-order valence-electron chi connectivity index (χ0n) is 23.1. The molecule has 39 heavy (non-hydrogen) atoms. The van der Waals surface area contributed by atoms with Crippen molar-refractivity contribution in [1.82, 2.24) is 5.32 Å². The molecule has 0 amide bonds. The van der Waals surface area contributed by atoms with Crippen molar-refractivity contribution in [2.24, 2.45) is 0 Å². The van der Waals surface area contributed by atoms with Gasteiger partial charge in [-0.3, -0.25) is 0 Å². The minimum absolute atomic E-state index is 0.281. The fraction of sp³-hybridized carbons (Fsp3) is 0.394. The zero-order valence-corrected chi connectivity index (χ0v) is 23.1. The van der Waals surface area contributed by atoms with Gasteiger partial charge in [-0.1, -0.05) is 54.6 Å². The van der Waals surface area contributed by atoms with Crippen molar-refractivity contribution in [3.05, 3.63) is 88.8 Å². The summed E-state index contributed by atoms with van der Waals surface area (Å²) < 4.78 is 23.6. The summed E-state index contributed by atoms with van der Waals surface area (Å²) in [4.78, 5) is 2.47. The van der Waals surface area contributed by atoms with Crippen LogP contribution in [0.2, 0.25) is 0 Å². The van der Waals surface area contributed by atoms with Crippen LogP contribution in [-0.2, 0) is 16.1 Å². The highest BCUT2D eigenvalue weighted by Gasteiger charge is 2.28. The Labute approximate surface area is 231 Å². The molecule has 2 aliphatic rings. The summed E-state index contributed by atoms with van der Waals surface area (Å²) in [5, 5.41) is 6.10. The summed E-state index contributed by atoms with van der Waals surface area (Å²) in [5.41, 5.74) is 2.12. The lowest BCUT2D eigenvalue weighted by Gasteiger charge is -2.40. The average molecular weight is 529 g/mol. The van der Waals surface area contributed by atoms with Crippen molar-refractivity contribution >= 4 is 17.8 Å². The van der Waals surface area contributed by atoms with Crippen molar-refractivity contribution in [3.63, 3.8) is 0 Å². The van der Waals surface area contributed by atoms with E-state index >= 15 is 0 Å². The lowest BCUT2D eigenvalue weighted by molar-refractivity contribution is 0.0112. The van der Waals surface area contributed by atoms with Gasteiger partial charge in [-0.15, -0.1) is 0 Å². The van der Waals surface area contributed by atoms with Gasteiger partial charge < -0.3 is 29.2 Å².